The van der Waals surface area contributed by atoms with E-state index in [4.69, 9.17) is 5.73 Å². The number of hydrogen-bond acceptors (Lipinski definition) is 5. The van der Waals surface area contributed by atoms with Crippen LogP contribution in [0.4, 0.5) is 0 Å². The van der Waals surface area contributed by atoms with Crippen molar-refractivity contribution in [3.63, 3.8) is 0 Å². The van der Waals surface area contributed by atoms with E-state index >= 15 is 0 Å². The number of carbonyl (C=O) groups is 3. The van der Waals surface area contributed by atoms with E-state index in [2.05, 4.69) is 10.4 Å². The first-order chi connectivity index (χ1) is 14.1. The number of nitrogens with two attached hydrogens (primary N) is 1. The zero-order valence-electron chi connectivity index (χ0n) is 16.3. The molecule has 1 unspecified atom stereocenters. The van der Waals surface area contributed by atoms with Crippen LogP contribution < -0.4 is 11.1 Å². The summed E-state index contributed by atoms with van der Waals surface area (Å²) in [4.78, 5) is 38.1. The lowest BCUT2D eigenvalue weighted by atomic mass is 9.98. The molecular formula is C21H25N5O3. The first-order valence-corrected chi connectivity index (χ1v) is 10.0. The van der Waals surface area contributed by atoms with Gasteiger partial charge in [-0.3, -0.25) is 24.4 Å². The van der Waals surface area contributed by atoms with E-state index in [1.807, 2.05) is 35.3 Å². The third-order valence-electron chi connectivity index (χ3n) is 5.64. The fourth-order valence-corrected chi connectivity index (χ4v) is 4.07. The second kappa shape index (κ2) is 8.16. The Morgan fingerprint density at radius 3 is 2.86 bits per heavy atom. The summed E-state index contributed by atoms with van der Waals surface area (Å²) in [5, 5.41) is 6.71. The maximum atomic E-state index is 12.9. The van der Waals surface area contributed by atoms with Crippen molar-refractivity contribution < 1.29 is 14.4 Å². The summed E-state index contributed by atoms with van der Waals surface area (Å²) in [6.07, 6.45) is 7.07. The summed E-state index contributed by atoms with van der Waals surface area (Å²) >= 11 is 0. The van der Waals surface area contributed by atoms with Crippen LogP contribution in [-0.4, -0.2) is 45.0 Å². The Hall–Kier alpha value is -3.00. The van der Waals surface area contributed by atoms with E-state index in [1.54, 1.807) is 4.90 Å². The van der Waals surface area contributed by atoms with Gasteiger partial charge in [-0.2, -0.15) is 5.10 Å². The predicted octanol–water partition coefficient (Wildman–Crippen LogP) is 0.778. The average molecular weight is 395 g/mol. The summed E-state index contributed by atoms with van der Waals surface area (Å²) < 4.78 is 1.91. The predicted molar refractivity (Wildman–Crippen MR) is 106 cm³/mol. The minimum Gasteiger partial charge on any atom is -0.330 e. The summed E-state index contributed by atoms with van der Waals surface area (Å²) in [6, 6.07) is 5.17. The maximum Gasteiger partial charge on any atom is 0.255 e. The molecule has 3 amide bonds. The van der Waals surface area contributed by atoms with Gasteiger partial charge in [0.1, 0.15) is 6.04 Å². The molecule has 1 atom stereocenters. The van der Waals surface area contributed by atoms with Crippen LogP contribution in [0.15, 0.2) is 30.6 Å². The van der Waals surface area contributed by atoms with Crippen molar-refractivity contribution in [1.29, 1.82) is 0 Å². The molecule has 8 nitrogen and oxygen atoms in total. The summed E-state index contributed by atoms with van der Waals surface area (Å²) in [5.41, 5.74) is 9.45. The van der Waals surface area contributed by atoms with Crippen LogP contribution in [-0.2, 0) is 35.5 Å². The maximum absolute atomic E-state index is 12.9. The van der Waals surface area contributed by atoms with Crippen molar-refractivity contribution in [3.05, 3.63) is 52.8 Å². The number of nitrogens with one attached hydrogen (secondary N) is 1. The number of aromatic nitrogens is 2. The quantitative estimate of drug-likeness (QED) is 0.673. The lowest BCUT2D eigenvalue weighted by Crippen LogP contribution is -2.52. The van der Waals surface area contributed by atoms with Crippen LogP contribution in [0.5, 0.6) is 0 Å². The molecule has 0 saturated carbocycles. The molecule has 0 radical (unpaired) electrons. The van der Waals surface area contributed by atoms with Gasteiger partial charge < -0.3 is 10.6 Å². The number of benzene rings is 1. The highest BCUT2D eigenvalue weighted by molar-refractivity contribution is 6.05. The van der Waals surface area contributed by atoms with Crippen LogP contribution in [0.2, 0.25) is 0 Å². The second-order valence-electron chi connectivity index (χ2n) is 7.60. The van der Waals surface area contributed by atoms with Crippen molar-refractivity contribution in [1.82, 2.24) is 20.0 Å². The van der Waals surface area contributed by atoms with Crippen molar-refractivity contribution >= 4 is 17.7 Å². The highest BCUT2D eigenvalue weighted by Crippen LogP contribution is 2.30. The van der Waals surface area contributed by atoms with E-state index in [1.165, 1.54) is 0 Å². The molecule has 1 fully saturated rings. The fourth-order valence-electron chi connectivity index (χ4n) is 4.07. The van der Waals surface area contributed by atoms with Crippen molar-refractivity contribution in [2.75, 3.05) is 6.54 Å². The van der Waals surface area contributed by atoms with Gasteiger partial charge in [0, 0.05) is 31.3 Å². The van der Waals surface area contributed by atoms with Gasteiger partial charge in [-0.1, -0.05) is 12.1 Å². The number of carbonyl (C=O) groups excluding carboxylic acids is 3. The highest BCUT2D eigenvalue weighted by atomic mass is 16.2. The van der Waals surface area contributed by atoms with Crippen LogP contribution in [0, 0.1) is 0 Å². The van der Waals surface area contributed by atoms with Gasteiger partial charge >= 0.3 is 0 Å². The molecule has 1 aromatic carbocycles. The number of imide groups is 1. The first kappa shape index (κ1) is 19.3. The lowest BCUT2D eigenvalue weighted by molar-refractivity contribution is -0.136. The largest absolute Gasteiger partial charge is 0.330 e. The number of piperidine rings is 1. The molecule has 1 saturated heterocycles. The monoisotopic (exact) mass is 395 g/mol. The molecule has 3 N–H and O–H groups in total. The number of fused-ring (bicyclic) bond motifs is 1. The van der Waals surface area contributed by atoms with E-state index in [-0.39, 0.29) is 24.1 Å². The van der Waals surface area contributed by atoms with Gasteiger partial charge in [0.15, 0.2) is 0 Å². The van der Waals surface area contributed by atoms with Crippen LogP contribution in [0.25, 0.3) is 0 Å². The molecule has 29 heavy (non-hydrogen) atoms. The number of nitrogens with zero attached hydrogens (tertiary/aromatic N) is 3. The Morgan fingerprint density at radius 1 is 1.21 bits per heavy atom. The van der Waals surface area contributed by atoms with Gasteiger partial charge in [-0.05, 0) is 55.0 Å². The molecule has 0 spiro atoms. The van der Waals surface area contributed by atoms with Crippen LogP contribution in [0.1, 0.15) is 46.3 Å². The fraction of sp³-hybridized carbons (Fsp3) is 0.429. The molecule has 0 aliphatic carbocycles. The van der Waals surface area contributed by atoms with Gasteiger partial charge in [-0.15, -0.1) is 0 Å². The van der Waals surface area contributed by atoms with Gasteiger partial charge in [-0.25, -0.2) is 0 Å². The number of rotatable bonds is 7. The smallest absolute Gasteiger partial charge is 0.255 e. The third-order valence-corrected chi connectivity index (χ3v) is 5.64. The third kappa shape index (κ3) is 3.93. The van der Waals surface area contributed by atoms with E-state index in [0.717, 1.165) is 42.5 Å². The van der Waals surface area contributed by atoms with Gasteiger partial charge in [0.2, 0.25) is 11.8 Å². The molecule has 152 valence electrons. The molecule has 2 aliphatic heterocycles. The zero-order valence-corrected chi connectivity index (χ0v) is 16.3. The Balaban J connectivity index is 1.46. The molecular weight excluding hydrogens is 370 g/mol. The minimum atomic E-state index is -0.582. The SMILES string of the molecule is NCCCn1cc(CCc2cccc3c2CN(C2CCC(=O)NC2=O)C3=O)cn1. The zero-order chi connectivity index (χ0) is 20.4. The number of amides is 3. The standard InChI is InChI=1S/C21H25N5O3/c22-9-2-10-25-12-14(11-23-25)5-6-15-3-1-4-16-17(15)13-26(21(16)29)18-7-8-19(27)24-20(18)28/h1,3-4,11-12,18H,2,5-10,13,22H2,(H,24,27,28). The first-order valence-electron chi connectivity index (χ1n) is 10.0. The Morgan fingerprint density at radius 2 is 2.07 bits per heavy atom. The van der Waals surface area contributed by atoms with Crippen LogP contribution >= 0.6 is 0 Å². The molecule has 0 bridgehead atoms. The van der Waals surface area contributed by atoms with Crippen molar-refractivity contribution in [2.24, 2.45) is 5.73 Å². The molecule has 8 heteroatoms. The lowest BCUT2D eigenvalue weighted by Gasteiger charge is -2.29. The Labute approximate surface area is 169 Å². The molecule has 2 aromatic rings. The number of aryl methyl sites for hydroxylation is 3. The summed E-state index contributed by atoms with van der Waals surface area (Å²) in [5.74, 6) is -0.789. The van der Waals surface area contributed by atoms with Gasteiger partial charge in [0.05, 0.1) is 6.20 Å². The van der Waals surface area contributed by atoms with Crippen molar-refractivity contribution in [3.8, 4) is 0 Å². The van der Waals surface area contributed by atoms with Gasteiger partial charge in [0.25, 0.3) is 5.91 Å². The number of hydrogen-bond donors (Lipinski definition) is 2. The molecule has 4 rings (SSSR count). The molecule has 2 aliphatic rings. The van der Waals surface area contributed by atoms with E-state index in [9.17, 15) is 14.4 Å². The summed E-state index contributed by atoms with van der Waals surface area (Å²) in [7, 11) is 0. The topological polar surface area (TPSA) is 110 Å². The average Bonchev–Trinajstić information content (AvgIpc) is 3.30. The van der Waals surface area contributed by atoms with Crippen LogP contribution in [0.3, 0.4) is 0 Å². The minimum absolute atomic E-state index is 0.133. The van der Waals surface area contributed by atoms with E-state index < -0.39 is 6.04 Å². The normalized spacial score (nSPS) is 18.9. The Kier molecular flexibility index (Phi) is 5.44. The highest BCUT2D eigenvalue weighted by Gasteiger charge is 2.39. The Bertz CT molecular complexity index is 952. The second-order valence-corrected chi connectivity index (χ2v) is 7.60. The summed E-state index contributed by atoms with van der Waals surface area (Å²) in [6.45, 7) is 1.86. The molecule has 3 heterocycles. The molecule has 1 aromatic heterocycles. The van der Waals surface area contributed by atoms with E-state index in [0.29, 0.717) is 25.1 Å². The van der Waals surface area contributed by atoms with Crippen molar-refractivity contribution in [2.45, 2.75) is 51.2 Å².